The van der Waals surface area contributed by atoms with Crippen LogP contribution in [0.3, 0.4) is 0 Å². The molecule has 2 amide bonds. The number of thiazole rings is 1. The van der Waals surface area contributed by atoms with E-state index in [1.807, 2.05) is 0 Å². The van der Waals surface area contributed by atoms with E-state index in [9.17, 15) is 31.6 Å². The highest BCUT2D eigenvalue weighted by molar-refractivity contribution is 7.92. The third-order valence-electron chi connectivity index (χ3n) is 5.24. The van der Waals surface area contributed by atoms with Crippen molar-refractivity contribution in [3.05, 3.63) is 47.2 Å². The number of aldehydes is 1. The molecule has 1 atom stereocenters. The Kier molecular flexibility index (Phi) is 7.17. The molecule has 9 nitrogen and oxygen atoms in total. The van der Waals surface area contributed by atoms with Crippen molar-refractivity contribution < 1.29 is 31.6 Å². The van der Waals surface area contributed by atoms with E-state index in [0.29, 0.717) is 6.29 Å². The molecule has 0 radical (unpaired) electrons. The molecule has 0 aliphatic heterocycles. The summed E-state index contributed by atoms with van der Waals surface area (Å²) in [6.07, 6.45) is 2.98. The first-order valence-electron chi connectivity index (χ1n) is 10.6. The lowest BCUT2D eigenvalue weighted by molar-refractivity contribution is -0.126. The third-order valence-corrected chi connectivity index (χ3v) is 8.42. The van der Waals surface area contributed by atoms with Crippen molar-refractivity contribution >= 4 is 49.5 Å². The van der Waals surface area contributed by atoms with E-state index in [-0.39, 0.29) is 38.8 Å². The molecule has 35 heavy (non-hydrogen) atoms. The van der Waals surface area contributed by atoms with Crippen LogP contribution in [0.25, 0.3) is 21.3 Å². The molecule has 0 spiro atoms. The van der Waals surface area contributed by atoms with Gasteiger partial charge in [-0.3, -0.25) is 9.59 Å². The summed E-state index contributed by atoms with van der Waals surface area (Å²) >= 11 is 0.755. The fraction of sp³-hybridized carbons (Fsp3) is 0.318. The largest absolute Gasteiger partial charge is 0.352 e. The highest BCUT2D eigenvalue weighted by Gasteiger charge is 2.37. The monoisotopic (exact) mass is 522 g/mol. The Morgan fingerprint density at radius 2 is 2.03 bits per heavy atom. The zero-order valence-electron chi connectivity index (χ0n) is 18.2. The van der Waals surface area contributed by atoms with E-state index in [2.05, 4.69) is 20.6 Å². The van der Waals surface area contributed by atoms with Gasteiger partial charge in [-0.2, -0.15) is 4.39 Å². The van der Waals surface area contributed by atoms with Gasteiger partial charge in [-0.15, -0.1) is 11.3 Å². The molecule has 0 saturated heterocycles. The third kappa shape index (κ3) is 5.68. The first kappa shape index (κ1) is 24.8. The van der Waals surface area contributed by atoms with Crippen molar-refractivity contribution in [2.75, 3.05) is 12.3 Å². The molecule has 2 heterocycles. The van der Waals surface area contributed by atoms with Crippen LogP contribution in [0, 0.1) is 11.8 Å². The number of sulfone groups is 1. The number of carbonyl (C=O) groups excluding carboxylic acids is 3. The number of hydrogen-bond donors (Lipinski definition) is 2. The Labute approximate surface area is 202 Å². The second-order valence-corrected chi connectivity index (χ2v) is 11.2. The van der Waals surface area contributed by atoms with E-state index < -0.39 is 51.0 Å². The zero-order valence-corrected chi connectivity index (χ0v) is 19.8. The molecule has 1 saturated carbocycles. The number of rotatable bonds is 10. The Bertz CT molecular complexity index is 1410. The van der Waals surface area contributed by atoms with Crippen LogP contribution in [-0.2, 0) is 24.2 Å². The molecule has 4 rings (SSSR count). The van der Waals surface area contributed by atoms with Crippen LogP contribution in [0.4, 0.5) is 8.78 Å². The number of carbonyl (C=O) groups is 3. The van der Waals surface area contributed by atoms with E-state index in [0.717, 1.165) is 30.2 Å². The first-order chi connectivity index (χ1) is 16.7. The van der Waals surface area contributed by atoms with E-state index >= 15 is 0 Å². The van der Waals surface area contributed by atoms with Crippen molar-refractivity contribution in [1.29, 1.82) is 0 Å². The predicted octanol–water partition coefficient (Wildman–Crippen LogP) is 2.08. The zero-order chi connectivity index (χ0) is 25.2. The number of pyridine rings is 1. The molecule has 1 unspecified atom stereocenters. The van der Waals surface area contributed by atoms with Crippen LogP contribution in [0.15, 0.2) is 30.5 Å². The minimum Gasteiger partial charge on any atom is -0.352 e. The average Bonchev–Trinajstić information content (AvgIpc) is 3.52. The molecule has 3 aromatic rings. The summed E-state index contributed by atoms with van der Waals surface area (Å²) in [5.41, 5.74) is 0.0168. The molecule has 2 aromatic heterocycles. The molecular formula is C22H20F2N4O5S2. The number of hydrogen-bond acceptors (Lipinski definition) is 8. The lowest BCUT2D eigenvalue weighted by Crippen LogP contribution is -2.41. The molecule has 13 heteroatoms. The summed E-state index contributed by atoms with van der Waals surface area (Å²) < 4.78 is 55.1. The Morgan fingerprint density at radius 3 is 2.71 bits per heavy atom. The molecule has 2 N–H and O–H groups in total. The molecule has 1 aliphatic rings. The van der Waals surface area contributed by atoms with Crippen LogP contribution in [0.5, 0.6) is 0 Å². The van der Waals surface area contributed by atoms with Gasteiger partial charge in [-0.25, -0.2) is 22.8 Å². The molecule has 1 aromatic carbocycles. The Hall–Kier alpha value is -3.32. The number of halogens is 2. The first-order valence-corrected chi connectivity index (χ1v) is 13.2. The van der Waals surface area contributed by atoms with Gasteiger partial charge in [0, 0.05) is 24.2 Å². The maximum atomic E-state index is 14.9. The van der Waals surface area contributed by atoms with Gasteiger partial charge in [-0.1, -0.05) is 0 Å². The molecule has 1 fully saturated rings. The Morgan fingerprint density at radius 1 is 1.26 bits per heavy atom. The summed E-state index contributed by atoms with van der Waals surface area (Å²) in [6.45, 7) is -0.446. The maximum absolute atomic E-state index is 14.9. The molecule has 0 bridgehead atoms. The van der Waals surface area contributed by atoms with Crippen LogP contribution in [-0.4, -0.2) is 54.8 Å². The van der Waals surface area contributed by atoms with Crippen LogP contribution < -0.4 is 10.6 Å². The lowest BCUT2D eigenvalue weighted by Gasteiger charge is -2.15. The fourth-order valence-corrected chi connectivity index (χ4v) is 6.42. The number of fused-ring (bicyclic) bond motifs is 1. The minimum absolute atomic E-state index is 0.0397. The van der Waals surface area contributed by atoms with Crippen molar-refractivity contribution in [2.24, 2.45) is 0 Å². The minimum atomic E-state index is -4.24. The van der Waals surface area contributed by atoms with E-state index in [1.165, 1.54) is 24.4 Å². The predicted molar refractivity (Wildman–Crippen MR) is 124 cm³/mol. The summed E-state index contributed by atoms with van der Waals surface area (Å²) in [5, 5.41) is 2.88. The molecule has 184 valence electrons. The van der Waals surface area contributed by atoms with Gasteiger partial charge in [0.1, 0.15) is 16.8 Å². The van der Waals surface area contributed by atoms with Crippen LogP contribution >= 0.6 is 11.3 Å². The summed E-state index contributed by atoms with van der Waals surface area (Å²) in [4.78, 5) is 43.2. The Balaban J connectivity index is 1.69. The fourth-order valence-electron chi connectivity index (χ4n) is 3.40. The van der Waals surface area contributed by atoms with Crippen molar-refractivity contribution in [3.63, 3.8) is 0 Å². The van der Waals surface area contributed by atoms with Gasteiger partial charge in [-0.05, 0) is 42.7 Å². The van der Waals surface area contributed by atoms with Gasteiger partial charge in [0.05, 0.1) is 17.0 Å². The summed E-state index contributed by atoms with van der Waals surface area (Å²) in [6, 6.07) is 5.42. The number of nitrogens with zero attached hydrogens (tertiary/aromatic N) is 2. The standard InChI is InChI=1S/C22H20F2N4O5S2/c23-15-9-12(14-3-1-6-25-20(14)24)10-16-18(15)28-22(34-16)19(35(32,33)8-2-7-29)21(31)26-11-17(30)27-13-4-5-13/h1,3,6-7,9-10,13,19H,2,4-5,8,11H2,(H,26,31)(H,27,30). The number of benzene rings is 1. The van der Waals surface area contributed by atoms with Gasteiger partial charge in [0.25, 0.3) is 0 Å². The van der Waals surface area contributed by atoms with E-state index in [4.69, 9.17) is 0 Å². The van der Waals surface area contributed by atoms with Gasteiger partial charge in [0.2, 0.25) is 17.8 Å². The van der Waals surface area contributed by atoms with Crippen molar-refractivity contribution in [1.82, 2.24) is 20.6 Å². The second kappa shape index (κ2) is 10.1. The number of amides is 2. The highest BCUT2D eigenvalue weighted by atomic mass is 32.2. The van der Waals surface area contributed by atoms with Gasteiger partial charge in [0.15, 0.2) is 20.9 Å². The molecule has 1 aliphatic carbocycles. The number of nitrogens with one attached hydrogen (secondary N) is 2. The average molecular weight is 523 g/mol. The second-order valence-electron chi connectivity index (χ2n) is 7.96. The van der Waals surface area contributed by atoms with E-state index in [1.54, 1.807) is 0 Å². The van der Waals surface area contributed by atoms with Crippen molar-refractivity contribution in [2.45, 2.75) is 30.6 Å². The summed E-state index contributed by atoms with van der Waals surface area (Å²) in [5.74, 6) is -3.76. The normalized spacial score (nSPS) is 14.5. The molecular weight excluding hydrogens is 502 g/mol. The summed E-state index contributed by atoms with van der Waals surface area (Å²) in [7, 11) is -4.24. The maximum Gasteiger partial charge on any atom is 0.245 e. The topological polar surface area (TPSA) is 135 Å². The SMILES string of the molecule is O=CCCS(=O)(=O)C(C(=O)NCC(=O)NC1CC1)c1nc2c(F)cc(-c3cccnc3F)cc2s1. The highest BCUT2D eigenvalue weighted by Crippen LogP contribution is 2.36. The quantitative estimate of drug-likeness (QED) is 0.307. The van der Waals surface area contributed by atoms with Gasteiger partial charge >= 0.3 is 0 Å². The number of aromatic nitrogens is 2. The van der Waals surface area contributed by atoms with Crippen LogP contribution in [0.2, 0.25) is 0 Å². The van der Waals surface area contributed by atoms with Gasteiger partial charge < -0.3 is 15.4 Å². The lowest BCUT2D eigenvalue weighted by atomic mass is 10.1. The smallest absolute Gasteiger partial charge is 0.245 e. The van der Waals surface area contributed by atoms with Crippen molar-refractivity contribution in [3.8, 4) is 11.1 Å². The van der Waals surface area contributed by atoms with Crippen LogP contribution in [0.1, 0.15) is 29.5 Å².